The minimum atomic E-state index is -0.372. The molecule has 8 nitrogen and oxygen atoms in total. The first kappa shape index (κ1) is 38.7. The van der Waals surface area contributed by atoms with Crippen LogP contribution >= 0.6 is 0 Å². The normalized spacial score (nSPS) is 11.2. The van der Waals surface area contributed by atoms with E-state index in [2.05, 4.69) is 55.6 Å². The lowest BCUT2D eigenvalue weighted by Gasteiger charge is -2.11. The van der Waals surface area contributed by atoms with Gasteiger partial charge < -0.3 is 28.4 Å². The van der Waals surface area contributed by atoms with Crippen LogP contribution in [-0.2, 0) is 31.9 Å². The van der Waals surface area contributed by atoms with Crippen LogP contribution < -0.4 is 18.9 Å². The number of benzene rings is 4. The Morgan fingerprint density at radius 2 is 0.925 bits per heavy atom. The van der Waals surface area contributed by atoms with E-state index >= 15 is 0 Å². The lowest BCUT2D eigenvalue weighted by Crippen LogP contribution is -2.06. The van der Waals surface area contributed by atoms with E-state index in [0.717, 1.165) is 81.5 Å². The minimum absolute atomic E-state index is 0.110. The first-order chi connectivity index (χ1) is 26.0. The average molecular weight is 719 g/mol. The summed E-state index contributed by atoms with van der Waals surface area (Å²) in [6, 6.07) is 29.0. The van der Waals surface area contributed by atoms with Gasteiger partial charge in [-0.25, -0.2) is 9.59 Å². The number of fused-ring (bicyclic) bond motifs is 3. The Balaban J connectivity index is 0.976. The van der Waals surface area contributed by atoms with Gasteiger partial charge in [0.15, 0.2) is 0 Å². The summed E-state index contributed by atoms with van der Waals surface area (Å²) in [5.74, 6) is 2.43. The molecule has 0 spiro atoms. The van der Waals surface area contributed by atoms with Crippen molar-refractivity contribution in [3.05, 3.63) is 132 Å². The molecule has 0 heterocycles. The summed E-state index contributed by atoms with van der Waals surface area (Å²) in [4.78, 5) is 22.1. The van der Waals surface area contributed by atoms with Crippen molar-refractivity contribution in [2.45, 2.75) is 64.2 Å². The van der Waals surface area contributed by atoms with Crippen LogP contribution in [-0.4, -0.2) is 45.2 Å². The Bertz CT molecular complexity index is 1780. The van der Waals surface area contributed by atoms with Gasteiger partial charge in [-0.3, -0.25) is 0 Å². The Morgan fingerprint density at radius 1 is 0.491 bits per heavy atom. The highest BCUT2D eigenvalue weighted by Crippen LogP contribution is 2.39. The van der Waals surface area contributed by atoms with E-state index in [-0.39, 0.29) is 18.7 Å². The zero-order valence-corrected chi connectivity index (χ0v) is 30.5. The summed E-state index contributed by atoms with van der Waals surface area (Å²) >= 11 is 0. The highest BCUT2D eigenvalue weighted by Gasteiger charge is 2.19. The Hall–Kier alpha value is -5.50. The molecule has 5 rings (SSSR count). The van der Waals surface area contributed by atoms with Crippen molar-refractivity contribution in [3.8, 4) is 34.1 Å². The summed E-state index contributed by atoms with van der Waals surface area (Å²) in [5.41, 5.74) is 7.65. The number of carbonyl (C=O) groups excluding carboxylic acids is 2. The van der Waals surface area contributed by atoms with Crippen LogP contribution in [0.15, 0.2) is 110 Å². The Labute approximate surface area is 313 Å². The van der Waals surface area contributed by atoms with Crippen LogP contribution in [0, 0.1) is 0 Å². The molecule has 4 aromatic rings. The fraction of sp³-hybridized carbons (Fsp3) is 0.333. The molecule has 1 aliphatic carbocycles. The number of unbranched alkanes of at least 4 members (excludes halogenated alkanes) is 6. The van der Waals surface area contributed by atoms with Gasteiger partial charge in [-0.2, -0.15) is 0 Å². The number of rotatable bonds is 24. The third-order valence-corrected chi connectivity index (χ3v) is 8.96. The van der Waals surface area contributed by atoms with Crippen LogP contribution in [0.1, 0.15) is 73.6 Å². The molecule has 0 fully saturated rings. The maximum atomic E-state index is 11.1. The van der Waals surface area contributed by atoms with Crippen molar-refractivity contribution < 1.29 is 38.0 Å². The summed E-state index contributed by atoms with van der Waals surface area (Å²) < 4.78 is 33.6. The molecule has 0 saturated carbocycles. The first-order valence-corrected chi connectivity index (χ1v) is 18.5. The predicted molar refractivity (Wildman–Crippen MR) is 207 cm³/mol. The molecule has 1 aliphatic rings. The van der Waals surface area contributed by atoms with E-state index in [0.29, 0.717) is 32.2 Å². The van der Waals surface area contributed by atoms with Gasteiger partial charge in [-0.15, -0.1) is 0 Å². The van der Waals surface area contributed by atoms with Crippen molar-refractivity contribution in [1.29, 1.82) is 0 Å². The third-order valence-electron chi connectivity index (χ3n) is 8.96. The van der Waals surface area contributed by atoms with Crippen LogP contribution in [0.3, 0.4) is 0 Å². The number of esters is 2. The molecule has 0 amide bonds. The van der Waals surface area contributed by atoms with Gasteiger partial charge in [0.25, 0.3) is 0 Å². The molecule has 0 aromatic heterocycles. The van der Waals surface area contributed by atoms with Gasteiger partial charge in [-0.05, 0) is 146 Å². The minimum Gasteiger partial charge on any atom is -0.494 e. The molecular formula is C45H50O8. The predicted octanol–water partition coefficient (Wildman–Crippen LogP) is 9.60. The molecule has 8 heteroatoms. The second-order valence-corrected chi connectivity index (χ2v) is 13.0. The maximum absolute atomic E-state index is 11.1. The number of hydrogen-bond acceptors (Lipinski definition) is 8. The van der Waals surface area contributed by atoms with E-state index in [1.54, 1.807) is 0 Å². The Kier molecular flexibility index (Phi) is 15.4. The van der Waals surface area contributed by atoms with Gasteiger partial charge in [0.2, 0.25) is 6.79 Å². The first-order valence-electron chi connectivity index (χ1n) is 18.5. The SMILES string of the molecule is C=CC(=O)OCCCCCCOc1ccc(Cc2ccc3c(c2)Cc2cc(OCOc4ccc(OCCCCCCOC(=O)C=C)cc4)ccc2-3)cc1. The number of ether oxygens (including phenoxy) is 6. The van der Waals surface area contributed by atoms with E-state index in [1.165, 1.54) is 45.5 Å². The standard InChI is InChI=1S/C45H50O8/c1-3-44(46)50-27-11-7-5-9-25-48-38-16-13-34(14-17-38)29-35-15-23-42-36(30-35)31-37-32-41(22-24-43(37)42)53-33-52-40-20-18-39(19-21-40)49-26-10-6-8-12-28-51-45(47)4-2/h3-4,13-24,30,32H,1-2,5-12,25-29,31,33H2. The molecule has 0 radical (unpaired) electrons. The zero-order valence-electron chi connectivity index (χ0n) is 30.5. The van der Waals surface area contributed by atoms with E-state index in [9.17, 15) is 9.59 Å². The zero-order chi connectivity index (χ0) is 37.1. The maximum Gasteiger partial charge on any atom is 0.330 e. The second-order valence-electron chi connectivity index (χ2n) is 13.0. The van der Waals surface area contributed by atoms with Gasteiger partial charge in [0.05, 0.1) is 26.4 Å². The van der Waals surface area contributed by atoms with Crippen LogP contribution in [0.4, 0.5) is 0 Å². The summed E-state index contributed by atoms with van der Waals surface area (Å²) in [6.07, 6.45) is 11.7. The lowest BCUT2D eigenvalue weighted by atomic mass is 9.99. The van der Waals surface area contributed by atoms with Gasteiger partial charge in [0, 0.05) is 12.2 Å². The third kappa shape index (κ3) is 12.9. The van der Waals surface area contributed by atoms with Crippen molar-refractivity contribution >= 4 is 11.9 Å². The lowest BCUT2D eigenvalue weighted by molar-refractivity contribution is -0.138. The number of carbonyl (C=O) groups is 2. The smallest absolute Gasteiger partial charge is 0.330 e. The molecule has 278 valence electrons. The monoisotopic (exact) mass is 718 g/mol. The average Bonchev–Trinajstić information content (AvgIpc) is 3.54. The van der Waals surface area contributed by atoms with Gasteiger partial charge in [-0.1, -0.05) is 49.6 Å². The van der Waals surface area contributed by atoms with E-state index in [4.69, 9.17) is 28.4 Å². The van der Waals surface area contributed by atoms with Crippen LogP contribution in [0.5, 0.6) is 23.0 Å². The van der Waals surface area contributed by atoms with Crippen LogP contribution in [0.2, 0.25) is 0 Å². The topological polar surface area (TPSA) is 89.5 Å². The van der Waals surface area contributed by atoms with Crippen LogP contribution in [0.25, 0.3) is 11.1 Å². The Morgan fingerprint density at radius 3 is 1.49 bits per heavy atom. The summed E-state index contributed by atoms with van der Waals surface area (Å²) in [6.45, 7) is 9.07. The highest BCUT2D eigenvalue weighted by atomic mass is 16.7. The molecule has 4 aromatic carbocycles. The molecule has 0 bridgehead atoms. The fourth-order valence-corrected chi connectivity index (χ4v) is 6.14. The fourth-order valence-electron chi connectivity index (χ4n) is 6.14. The highest BCUT2D eigenvalue weighted by molar-refractivity contribution is 5.81. The van der Waals surface area contributed by atoms with Crippen molar-refractivity contribution in [1.82, 2.24) is 0 Å². The molecule has 0 unspecified atom stereocenters. The van der Waals surface area contributed by atoms with Gasteiger partial charge in [0.1, 0.15) is 23.0 Å². The molecule has 53 heavy (non-hydrogen) atoms. The largest absolute Gasteiger partial charge is 0.494 e. The molecule has 0 saturated heterocycles. The van der Waals surface area contributed by atoms with Crippen molar-refractivity contribution in [2.75, 3.05) is 33.2 Å². The molecule has 0 aliphatic heterocycles. The number of hydrogen-bond donors (Lipinski definition) is 0. The molecule has 0 N–H and O–H groups in total. The molecular weight excluding hydrogens is 668 g/mol. The van der Waals surface area contributed by atoms with Crippen molar-refractivity contribution in [3.63, 3.8) is 0 Å². The van der Waals surface area contributed by atoms with E-state index in [1.807, 2.05) is 42.5 Å². The van der Waals surface area contributed by atoms with E-state index < -0.39 is 0 Å². The second kappa shape index (κ2) is 21.1. The quantitative estimate of drug-likeness (QED) is 0.0270. The molecule has 0 atom stereocenters. The van der Waals surface area contributed by atoms with Crippen molar-refractivity contribution in [2.24, 2.45) is 0 Å². The summed E-state index contributed by atoms with van der Waals surface area (Å²) in [7, 11) is 0. The van der Waals surface area contributed by atoms with Gasteiger partial charge >= 0.3 is 11.9 Å². The summed E-state index contributed by atoms with van der Waals surface area (Å²) in [5, 5.41) is 0.